The van der Waals surface area contributed by atoms with Crippen molar-refractivity contribution in [3.05, 3.63) is 80.6 Å². The monoisotopic (exact) mass is 500 g/mol. The molecule has 37 heavy (non-hydrogen) atoms. The minimum absolute atomic E-state index is 0.0758. The maximum absolute atomic E-state index is 12.5. The summed E-state index contributed by atoms with van der Waals surface area (Å²) in [6.45, 7) is 14.4. The van der Waals surface area contributed by atoms with Gasteiger partial charge in [-0.25, -0.2) is 9.78 Å². The highest BCUT2D eigenvalue weighted by atomic mass is 16.2. The van der Waals surface area contributed by atoms with Crippen LogP contribution in [0.2, 0.25) is 0 Å². The summed E-state index contributed by atoms with van der Waals surface area (Å²) < 4.78 is 1.55. The molecule has 0 unspecified atom stereocenters. The Morgan fingerprint density at radius 1 is 0.973 bits per heavy atom. The molecule has 1 saturated heterocycles. The van der Waals surface area contributed by atoms with Gasteiger partial charge in [-0.1, -0.05) is 51.1 Å². The van der Waals surface area contributed by atoms with Crippen molar-refractivity contribution < 1.29 is 0 Å². The van der Waals surface area contributed by atoms with Crippen molar-refractivity contribution in [3.63, 3.8) is 0 Å². The fourth-order valence-electron chi connectivity index (χ4n) is 5.14. The molecule has 2 N–H and O–H groups in total. The van der Waals surface area contributed by atoms with Crippen molar-refractivity contribution in [2.45, 2.75) is 52.6 Å². The van der Waals surface area contributed by atoms with E-state index < -0.39 is 0 Å². The van der Waals surface area contributed by atoms with Gasteiger partial charge in [0.1, 0.15) is 11.3 Å². The summed E-state index contributed by atoms with van der Waals surface area (Å²) in [5.41, 5.74) is 5.59. The van der Waals surface area contributed by atoms with Crippen molar-refractivity contribution in [1.82, 2.24) is 24.4 Å². The molecule has 5 rings (SSSR count). The molecule has 0 radical (unpaired) electrons. The minimum Gasteiger partial charge on any atom is -0.367 e. The zero-order valence-electron chi connectivity index (χ0n) is 22.3. The molecule has 0 aliphatic carbocycles. The van der Waals surface area contributed by atoms with Gasteiger partial charge in [0.2, 0.25) is 0 Å². The van der Waals surface area contributed by atoms with Crippen LogP contribution in [-0.4, -0.2) is 50.6 Å². The number of para-hydroxylation sites is 1. The van der Waals surface area contributed by atoms with E-state index in [-0.39, 0.29) is 22.7 Å². The molecule has 4 aromatic rings. The fraction of sp³-hybridized carbons (Fsp3) is 0.414. The summed E-state index contributed by atoms with van der Waals surface area (Å²) in [4.78, 5) is 40.1. The van der Waals surface area contributed by atoms with Gasteiger partial charge in [0.25, 0.3) is 5.56 Å². The van der Waals surface area contributed by atoms with E-state index in [0.29, 0.717) is 12.1 Å². The standard InChI is InChI=1S/C29H36N6O2/c1-6-33-18-22(27(36)32-28(33)37)19(2)34-14-16-35(17-15-34)24-9-7-8-23-25(24)31-26(30-23)20-10-12-21(13-11-20)29(3,4)5/h7-13,18-19H,6,14-17H2,1-5H3,(H,30,31)(H,32,36,37)/t19-/m0/s1. The third-order valence-corrected chi connectivity index (χ3v) is 7.55. The molecule has 2 aromatic heterocycles. The molecule has 3 heterocycles. The Hall–Kier alpha value is -3.65. The molecule has 1 aliphatic heterocycles. The van der Waals surface area contributed by atoms with Gasteiger partial charge in [0.15, 0.2) is 0 Å². The minimum atomic E-state index is -0.357. The number of nitrogens with one attached hydrogen (secondary N) is 2. The number of nitrogens with zero attached hydrogens (tertiary/aromatic N) is 4. The van der Waals surface area contributed by atoms with Crippen molar-refractivity contribution >= 4 is 16.7 Å². The first-order valence-electron chi connectivity index (χ1n) is 13.1. The molecule has 1 fully saturated rings. The zero-order chi connectivity index (χ0) is 26.3. The molecule has 0 spiro atoms. The van der Waals surface area contributed by atoms with Crippen LogP contribution in [0.15, 0.2) is 58.3 Å². The van der Waals surface area contributed by atoms with E-state index in [0.717, 1.165) is 54.3 Å². The number of hydrogen-bond donors (Lipinski definition) is 2. The van der Waals surface area contributed by atoms with Crippen LogP contribution in [0.25, 0.3) is 22.4 Å². The quantitative estimate of drug-likeness (QED) is 0.427. The van der Waals surface area contributed by atoms with Gasteiger partial charge in [-0.2, -0.15) is 0 Å². The first-order valence-corrected chi connectivity index (χ1v) is 13.1. The number of hydrogen-bond acceptors (Lipinski definition) is 5. The largest absolute Gasteiger partial charge is 0.367 e. The maximum Gasteiger partial charge on any atom is 0.328 e. The van der Waals surface area contributed by atoms with Crippen LogP contribution >= 0.6 is 0 Å². The lowest BCUT2D eigenvalue weighted by molar-refractivity contribution is 0.196. The van der Waals surface area contributed by atoms with Crippen LogP contribution in [0.1, 0.15) is 51.8 Å². The number of aromatic amines is 2. The first-order chi connectivity index (χ1) is 17.7. The van der Waals surface area contributed by atoms with Gasteiger partial charge in [0.05, 0.1) is 16.8 Å². The lowest BCUT2D eigenvalue weighted by atomic mass is 9.87. The molecule has 8 heteroatoms. The molecule has 194 valence electrons. The second-order valence-electron chi connectivity index (χ2n) is 10.9. The highest BCUT2D eigenvalue weighted by Crippen LogP contribution is 2.31. The number of aryl methyl sites for hydroxylation is 1. The third-order valence-electron chi connectivity index (χ3n) is 7.55. The summed E-state index contributed by atoms with van der Waals surface area (Å²) in [6.07, 6.45) is 1.71. The Labute approximate surface area is 217 Å². The molecular weight excluding hydrogens is 464 g/mol. The van der Waals surface area contributed by atoms with Crippen LogP contribution in [0.4, 0.5) is 5.69 Å². The summed E-state index contributed by atoms with van der Waals surface area (Å²) in [6, 6.07) is 14.9. The van der Waals surface area contributed by atoms with Crippen LogP contribution in [0, 0.1) is 0 Å². The number of benzene rings is 2. The second-order valence-corrected chi connectivity index (χ2v) is 10.9. The smallest absolute Gasteiger partial charge is 0.328 e. The van der Waals surface area contributed by atoms with Crippen molar-refractivity contribution in [2.24, 2.45) is 0 Å². The average Bonchev–Trinajstić information content (AvgIpc) is 3.33. The molecule has 1 aliphatic rings. The molecule has 0 saturated carbocycles. The van der Waals surface area contributed by atoms with Gasteiger partial charge in [0, 0.05) is 50.5 Å². The van der Waals surface area contributed by atoms with Gasteiger partial charge < -0.3 is 14.5 Å². The van der Waals surface area contributed by atoms with E-state index in [1.54, 1.807) is 10.8 Å². The molecular formula is C29H36N6O2. The topological polar surface area (TPSA) is 90.0 Å². The Morgan fingerprint density at radius 2 is 1.68 bits per heavy atom. The number of imidazole rings is 1. The Morgan fingerprint density at radius 3 is 2.32 bits per heavy atom. The molecule has 1 atom stereocenters. The number of rotatable bonds is 5. The van der Waals surface area contributed by atoms with E-state index >= 15 is 0 Å². The van der Waals surface area contributed by atoms with Gasteiger partial charge in [-0.3, -0.25) is 14.7 Å². The van der Waals surface area contributed by atoms with Crippen molar-refractivity contribution in [2.75, 3.05) is 31.1 Å². The Kier molecular flexibility index (Phi) is 6.54. The highest BCUT2D eigenvalue weighted by Gasteiger charge is 2.26. The number of anilines is 1. The first kappa shape index (κ1) is 25.0. The van der Waals surface area contributed by atoms with Crippen molar-refractivity contribution in [1.29, 1.82) is 0 Å². The van der Waals surface area contributed by atoms with Crippen LogP contribution in [0.3, 0.4) is 0 Å². The number of fused-ring (bicyclic) bond motifs is 1. The normalized spacial score (nSPS) is 15.9. The summed E-state index contributed by atoms with van der Waals surface area (Å²) in [7, 11) is 0. The predicted molar refractivity (Wildman–Crippen MR) is 149 cm³/mol. The summed E-state index contributed by atoms with van der Waals surface area (Å²) >= 11 is 0. The van der Waals surface area contributed by atoms with E-state index in [4.69, 9.17) is 4.98 Å². The van der Waals surface area contributed by atoms with Crippen molar-refractivity contribution in [3.8, 4) is 11.4 Å². The lowest BCUT2D eigenvalue weighted by Crippen LogP contribution is -2.48. The van der Waals surface area contributed by atoms with Crippen LogP contribution in [-0.2, 0) is 12.0 Å². The Bertz CT molecular complexity index is 1520. The van der Waals surface area contributed by atoms with Crippen LogP contribution in [0.5, 0.6) is 0 Å². The van der Waals surface area contributed by atoms with E-state index in [1.165, 1.54) is 5.56 Å². The predicted octanol–water partition coefficient (Wildman–Crippen LogP) is 4.28. The maximum atomic E-state index is 12.5. The number of aromatic nitrogens is 4. The lowest BCUT2D eigenvalue weighted by Gasteiger charge is -2.39. The number of H-pyrrole nitrogens is 2. The van der Waals surface area contributed by atoms with E-state index in [1.807, 2.05) is 13.8 Å². The van der Waals surface area contributed by atoms with Gasteiger partial charge >= 0.3 is 5.69 Å². The van der Waals surface area contributed by atoms with Crippen LogP contribution < -0.4 is 16.1 Å². The fourth-order valence-corrected chi connectivity index (χ4v) is 5.14. The zero-order valence-corrected chi connectivity index (χ0v) is 22.3. The third kappa shape index (κ3) is 4.85. The Balaban J connectivity index is 1.35. The highest BCUT2D eigenvalue weighted by molar-refractivity contribution is 5.91. The molecule has 2 aromatic carbocycles. The van der Waals surface area contributed by atoms with Gasteiger partial charge in [-0.05, 0) is 37.0 Å². The van der Waals surface area contributed by atoms with E-state index in [2.05, 4.69) is 83.0 Å². The second kappa shape index (κ2) is 9.67. The molecule has 0 amide bonds. The SMILES string of the molecule is CCn1cc([C@H](C)N2CCN(c3cccc4[nH]c(-c5ccc(C(C)(C)C)cc5)nc34)CC2)c(=O)[nH]c1=O. The molecule has 8 nitrogen and oxygen atoms in total. The number of piperazine rings is 1. The van der Waals surface area contributed by atoms with E-state index in [9.17, 15) is 9.59 Å². The summed E-state index contributed by atoms with van der Waals surface area (Å²) in [5, 5.41) is 0. The molecule has 0 bridgehead atoms. The van der Waals surface area contributed by atoms with Gasteiger partial charge in [-0.15, -0.1) is 0 Å². The average molecular weight is 501 g/mol. The summed E-state index contributed by atoms with van der Waals surface area (Å²) in [5.74, 6) is 0.875.